The molecule has 2 amide bonds. The van der Waals surface area contributed by atoms with Crippen molar-refractivity contribution >= 4 is 34.6 Å². The Morgan fingerprint density at radius 1 is 0.846 bits per heavy atom. The second-order valence-electron chi connectivity index (χ2n) is 11.2. The van der Waals surface area contributed by atoms with Crippen molar-refractivity contribution in [2.45, 2.75) is 71.4 Å². The molecule has 1 fully saturated rings. The number of nitrogens with one attached hydrogen (secondary N) is 3. The van der Waals surface area contributed by atoms with Gasteiger partial charge in [0.15, 0.2) is 0 Å². The second kappa shape index (κ2) is 11.9. The van der Waals surface area contributed by atoms with Gasteiger partial charge in [-0.15, -0.1) is 0 Å². The van der Waals surface area contributed by atoms with Crippen LogP contribution in [-0.4, -0.2) is 24.4 Å². The highest BCUT2D eigenvalue weighted by molar-refractivity contribution is 5.94. The summed E-state index contributed by atoms with van der Waals surface area (Å²) in [6.45, 7) is 6.31. The van der Waals surface area contributed by atoms with Crippen LogP contribution in [0, 0.1) is 5.92 Å². The highest BCUT2D eigenvalue weighted by atomic mass is 16.2. The predicted octanol–water partition coefficient (Wildman–Crippen LogP) is 7.60. The lowest BCUT2D eigenvalue weighted by molar-refractivity contribution is -0.117. The summed E-state index contributed by atoms with van der Waals surface area (Å²) in [6, 6.07) is 22.9. The maximum absolute atomic E-state index is 12.6. The van der Waals surface area contributed by atoms with Crippen molar-refractivity contribution in [2.75, 3.05) is 27.4 Å². The maximum Gasteiger partial charge on any atom is 0.224 e. The first kappa shape index (κ1) is 26.8. The summed E-state index contributed by atoms with van der Waals surface area (Å²) in [5.41, 5.74) is 7.11. The minimum absolute atomic E-state index is 0.0519. The largest absolute Gasteiger partial charge is 0.385 e. The molecule has 6 heteroatoms. The van der Waals surface area contributed by atoms with Gasteiger partial charge in [-0.05, 0) is 97.3 Å². The molecule has 0 saturated heterocycles. The van der Waals surface area contributed by atoms with E-state index < -0.39 is 0 Å². The van der Waals surface area contributed by atoms with Crippen LogP contribution in [0.15, 0.2) is 66.7 Å². The molecule has 5 rings (SSSR count). The first-order valence-corrected chi connectivity index (χ1v) is 14.3. The van der Waals surface area contributed by atoms with Gasteiger partial charge in [-0.2, -0.15) is 0 Å². The number of fused-ring (bicyclic) bond motifs is 1. The normalized spacial score (nSPS) is 19.2. The molecule has 2 aliphatic rings. The molecule has 3 aromatic carbocycles. The molecular weight excluding hydrogens is 484 g/mol. The molecule has 6 nitrogen and oxygen atoms in total. The number of nitrogens with zero attached hydrogens (tertiary/aromatic N) is 1. The maximum atomic E-state index is 12.6. The fourth-order valence-corrected chi connectivity index (χ4v) is 6.18. The number of carbonyl (C=O) groups excluding carboxylic acids is 2. The third-order valence-electron chi connectivity index (χ3n) is 8.08. The van der Waals surface area contributed by atoms with Crippen molar-refractivity contribution in [2.24, 2.45) is 5.92 Å². The van der Waals surface area contributed by atoms with E-state index in [2.05, 4.69) is 65.3 Å². The van der Waals surface area contributed by atoms with Gasteiger partial charge in [0.2, 0.25) is 11.8 Å². The van der Waals surface area contributed by atoms with Gasteiger partial charge in [-0.3, -0.25) is 9.59 Å². The molecule has 0 aromatic heterocycles. The van der Waals surface area contributed by atoms with Crippen LogP contribution in [0.4, 0.5) is 22.7 Å². The molecule has 1 aliphatic carbocycles. The Bertz CT molecular complexity index is 1310. The molecule has 0 bridgehead atoms. The number of benzene rings is 3. The minimum Gasteiger partial charge on any atom is -0.385 e. The van der Waals surface area contributed by atoms with E-state index in [1.807, 2.05) is 29.2 Å². The van der Waals surface area contributed by atoms with Crippen molar-refractivity contribution < 1.29 is 9.59 Å². The van der Waals surface area contributed by atoms with E-state index in [1.54, 1.807) is 6.92 Å². The van der Waals surface area contributed by atoms with Gasteiger partial charge >= 0.3 is 0 Å². The van der Waals surface area contributed by atoms with Crippen molar-refractivity contribution in [3.63, 3.8) is 0 Å². The Morgan fingerprint density at radius 3 is 2.28 bits per heavy atom. The van der Waals surface area contributed by atoms with Crippen LogP contribution in [0.3, 0.4) is 0 Å². The van der Waals surface area contributed by atoms with Gasteiger partial charge in [0, 0.05) is 49.2 Å². The summed E-state index contributed by atoms with van der Waals surface area (Å²) >= 11 is 0. The minimum atomic E-state index is -0.0943. The van der Waals surface area contributed by atoms with Gasteiger partial charge in [0.1, 0.15) is 0 Å². The number of hydrogen-bond donors (Lipinski definition) is 3. The van der Waals surface area contributed by atoms with Gasteiger partial charge in [0.25, 0.3) is 0 Å². The number of hydrogen-bond acceptors (Lipinski definition) is 4. The summed E-state index contributed by atoms with van der Waals surface area (Å²) in [7, 11) is 0. The molecule has 1 saturated carbocycles. The third kappa shape index (κ3) is 6.44. The summed E-state index contributed by atoms with van der Waals surface area (Å²) in [5, 5.41) is 10.3. The van der Waals surface area contributed by atoms with Crippen molar-refractivity contribution in [1.29, 1.82) is 0 Å². The van der Waals surface area contributed by atoms with Crippen LogP contribution in [0.1, 0.15) is 70.9 Å². The molecule has 1 aliphatic heterocycles. The van der Waals surface area contributed by atoms with E-state index in [1.165, 1.54) is 39.0 Å². The summed E-state index contributed by atoms with van der Waals surface area (Å²) in [6.07, 6.45) is 7.59. The third-order valence-corrected chi connectivity index (χ3v) is 8.08. The van der Waals surface area contributed by atoms with E-state index in [-0.39, 0.29) is 23.9 Å². The molecule has 204 valence electrons. The topological polar surface area (TPSA) is 73.5 Å². The van der Waals surface area contributed by atoms with Crippen LogP contribution in [0.2, 0.25) is 0 Å². The van der Waals surface area contributed by atoms with Gasteiger partial charge in [0.05, 0.1) is 6.04 Å². The molecule has 1 heterocycles. The highest BCUT2D eigenvalue weighted by Crippen LogP contribution is 2.41. The van der Waals surface area contributed by atoms with Crippen molar-refractivity contribution in [3.05, 3.63) is 72.3 Å². The molecule has 2 atom stereocenters. The predicted molar refractivity (Wildman–Crippen MR) is 161 cm³/mol. The molecule has 39 heavy (non-hydrogen) atoms. The smallest absolute Gasteiger partial charge is 0.224 e. The average molecular weight is 525 g/mol. The highest BCUT2D eigenvalue weighted by Gasteiger charge is 2.32. The van der Waals surface area contributed by atoms with Crippen LogP contribution in [0.25, 0.3) is 11.1 Å². The molecular formula is C33H40N4O2. The lowest BCUT2D eigenvalue weighted by Gasteiger charge is -2.39. The number of anilines is 4. The quantitative estimate of drug-likeness (QED) is 0.297. The lowest BCUT2D eigenvalue weighted by Crippen LogP contribution is -2.43. The Labute approximate surface area is 232 Å². The standard InChI is InChI=1S/C33H40N4O2/c1-22-18-32(36-29-15-13-28(14-16-29)34-21-25-8-5-4-6-9-25)31-20-27(12-17-33(31)37(22)24(3)39)26-10-7-11-30(19-26)35-23(2)38/h7,10-17,19-20,22,25,32,34,36H,4-6,8-9,18,21H2,1-3H3,(H,35,38)/t22-,32+/m0/s1. The first-order valence-electron chi connectivity index (χ1n) is 14.3. The zero-order chi connectivity index (χ0) is 27.4. The molecule has 0 radical (unpaired) electrons. The Kier molecular flexibility index (Phi) is 8.20. The van der Waals surface area contributed by atoms with Gasteiger partial charge in [-0.1, -0.05) is 37.5 Å². The number of carbonyl (C=O) groups is 2. The molecule has 3 N–H and O–H groups in total. The average Bonchev–Trinajstić information content (AvgIpc) is 2.92. The fraction of sp³-hybridized carbons (Fsp3) is 0.394. The number of amides is 2. The van der Waals surface area contributed by atoms with Gasteiger partial charge in [-0.25, -0.2) is 0 Å². The van der Waals surface area contributed by atoms with E-state index in [0.717, 1.165) is 58.3 Å². The Balaban J connectivity index is 1.38. The fourth-order valence-electron chi connectivity index (χ4n) is 6.18. The SMILES string of the molecule is CC(=O)Nc1cccc(-c2ccc3c(c2)[C@H](Nc2ccc(NCC4CCCCC4)cc2)C[C@H](C)N3C(C)=O)c1. The van der Waals surface area contributed by atoms with E-state index in [4.69, 9.17) is 0 Å². The molecule has 0 spiro atoms. The van der Waals surface area contributed by atoms with Crippen LogP contribution >= 0.6 is 0 Å². The second-order valence-corrected chi connectivity index (χ2v) is 11.2. The van der Waals surface area contributed by atoms with Gasteiger partial charge < -0.3 is 20.9 Å². The lowest BCUT2D eigenvalue weighted by atomic mass is 9.88. The monoisotopic (exact) mass is 524 g/mol. The van der Waals surface area contributed by atoms with E-state index in [0.29, 0.717) is 0 Å². The molecule has 3 aromatic rings. The summed E-state index contributed by atoms with van der Waals surface area (Å²) in [4.78, 5) is 26.1. The van der Waals surface area contributed by atoms with Crippen molar-refractivity contribution in [1.82, 2.24) is 0 Å². The van der Waals surface area contributed by atoms with Crippen LogP contribution < -0.4 is 20.9 Å². The van der Waals surface area contributed by atoms with E-state index in [9.17, 15) is 9.59 Å². The number of rotatable bonds is 7. The Morgan fingerprint density at radius 2 is 1.56 bits per heavy atom. The Hall–Kier alpha value is -3.80. The first-order chi connectivity index (χ1) is 18.9. The zero-order valence-electron chi connectivity index (χ0n) is 23.3. The summed E-state index contributed by atoms with van der Waals surface area (Å²) < 4.78 is 0. The molecule has 0 unspecified atom stereocenters. The van der Waals surface area contributed by atoms with Crippen molar-refractivity contribution in [3.8, 4) is 11.1 Å². The van der Waals surface area contributed by atoms with Crippen LogP contribution in [-0.2, 0) is 9.59 Å². The van der Waals surface area contributed by atoms with Crippen LogP contribution in [0.5, 0.6) is 0 Å². The summed E-state index contributed by atoms with van der Waals surface area (Å²) in [5.74, 6) is 0.744. The van der Waals surface area contributed by atoms with E-state index >= 15 is 0 Å². The zero-order valence-corrected chi connectivity index (χ0v) is 23.3.